The summed E-state index contributed by atoms with van der Waals surface area (Å²) in [5.74, 6) is 0.596. The van der Waals surface area contributed by atoms with Crippen molar-refractivity contribution in [2.24, 2.45) is 5.92 Å². The highest BCUT2D eigenvalue weighted by atomic mass is 28.4. The maximum absolute atomic E-state index is 6.47. The van der Waals surface area contributed by atoms with E-state index in [2.05, 4.69) is 48.5 Å². The molecule has 0 unspecified atom stereocenters. The molecule has 2 heteroatoms. The Morgan fingerprint density at radius 1 is 1.00 bits per heavy atom. The molecule has 0 atom stereocenters. The highest BCUT2D eigenvalue weighted by molar-refractivity contribution is 6.73. The molecular formula is C12H28OSi. The number of hydrogen-bond donors (Lipinski definition) is 0. The summed E-state index contributed by atoms with van der Waals surface area (Å²) in [6.45, 7) is 15.8. The molecule has 0 aliphatic carbocycles. The van der Waals surface area contributed by atoms with Gasteiger partial charge in [0.15, 0.2) is 8.32 Å². The molecule has 0 aromatic heterocycles. The zero-order valence-corrected chi connectivity index (χ0v) is 12.1. The second-order valence-electron chi connectivity index (χ2n) is 5.10. The molecule has 86 valence electrons. The van der Waals surface area contributed by atoms with Crippen LogP contribution in [0.4, 0.5) is 0 Å². The Morgan fingerprint density at radius 3 is 1.57 bits per heavy atom. The standard InChI is InChI=1S/C12H28OSi/c1-8-14(9-2,10-3)13-12(6,7)11(4)5/h11H,8-10H2,1-7H3. The summed E-state index contributed by atoms with van der Waals surface area (Å²) < 4.78 is 6.47. The lowest BCUT2D eigenvalue weighted by Gasteiger charge is -2.40. The van der Waals surface area contributed by atoms with Gasteiger partial charge in [0.05, 0.1) is 5.60 Å². The minimum atomic E-state index is -1.42. The van der Waals surface area contributed by atoms with E-state index < -0.39 is 8.32 Å². The lowest BCUT2D eigenvalue weighted by atomic mass is 9.95. The summed E-state index contributed by atoms with van der Waals surface area (Å²) in [4.78, 5) is 0. The summed E-state index contributed by atoms with van der Waals surface area (Å²) in [5, 5.41) is 0. The molecule has 0 saturated heterocycles. The Labute approximate surface area is 91.4 Å². The summed E-state index contributed by atoms with van der Waals surface area (Å²) in [5.41, 5.74) is 0.0499. The van der Waals surface area contributed by atoms with Gasteiger partial charge in [-0.15, -0.1) is 0 Å². The maximum Gasteiger partial charge on any atom is 0.192 e. The van der Waals surface area contributed by atoms with E-state index in [0.717, 1.165) is 0 Å². The van der Waals surface area contributed by atoms with E-state index in [9.17, 15) is 0 Å². The molecule has 0 aliphatic heterocycles. The van der Waals surface area contributed by atoms with E-state index >= 15 is 0 Å². The molecule has 0 amide bonds. The first kappa shape index (κ1) is 14.2. The molecule has 0 heterocycles. The zero-order chi connectivity index (χ0) is 11.4. The predicted molar refractivity (Wildman–Crippen MR) is 67.2 cm³/mol. The van der Waals surface area contributed by atoms with Crippen molar-refractivity contribution in [1.82, 2.24) is 0 Å². The molecule has 0 aromatic rings. The predicted octanol–water partition coefficient (Wildman–Crippen LogP) is 4.44. The zero-order valence-electron chi connectivity index (χ0n) is 11.1. The van der Waals surface area contributed by atoms with Crippen LogP contribution in [0.5, 0.6) is 0 Å². The SMILES string of the molecule is CC[Si](CC)(CC)OC(C)(C)C(C)C. The normalized spacial score (nSPS) is 13.7. The Morgan fingerprint density at radius 2 is 1.36 bits per heavy atom. The molecular weight excluding hydrogens is 188 g/mol. The van der Waals surface area contributed by atoms with Gasteiger partial charge in [-0.3, -0.25) is 0 Å². The summed E-state index contributed by atoms with van der Waals surface area (Å²) in [6.07, 6.45) is 0. The van der Waals surface area contributed by atoms with Crippen molar-refractivity contribution in [3.63, 3.8) is 0 Å². The average Bonchev–Trinajstić information content (AvgIpc) is 2.14. The molecule has 0 aromatic carbocycles. The van der Waals surface area contributed by atoms with Crippen molar-refractivity contribution in [2.75, 3.05) is 0 Å². The fourth-order valence-electron chi connectivity index (χ4n) is 1.64. The van der Waals surface area contributed by atoms with Crippen LogP contribution in [0.3, 0.4) is 0 Å². The molecule has 0 rings (SSSR count). The van der Waals surface area contributed by atoms with Gasteiger partial charge in [-0.2, -0.15) is 0 Å². The summed E-state index contributed by atoms with van der Waals surface area (Å²) in [6, 6.07) is 3.74. The number of rotatable bonds is 6. The van der Waals surface area contributed by atoms with Crippen LogP contribution >= 0.6 is 0 Å². The molecule has 0 aliphatic rings. The van der Waals surface area contributed by atoms with Gasteiger partial charge < -0.3 is 4.43 Å². The van der Waals surface area contributed by atoms with E-state index in [1.807, 2.05) is 0 Å². The van der Waals surface area contributed by atoms with E-state index in [-0.39, 0.29) is 5.60 Å². The minimum Gasteiger partial charge on any atom is -0.412 e. The molecule has 0 bridgehead atoms. The third kappa shape index (κ3) is 3.39. The van der Waals surface area contributed by atoms with Crippen LogP contribution < -0.4 is 0 Å². The smallest absolute Gasteiger partial charge is 0.192 e. The van der Waals surface area contributed by atoms with Crippen molar-refractivity contribution < 1.29 is 4.43 Å². The Hall–Kier alpha value is 0.177. The van der Waals surface area contributed by atoms with Crippen molar-refractivity contribution in [2.45, 2.75) is 72.2 Å². The topological polar surface area (TPSA) is 9.23 Å². The van der Waals surface area contributed by atoms with E-state index in [4.69, 9.17) is 4.43 Å². The van der Waals surface area contributed by atoms with Crippen LogP contribution in [0.1, 0.15) is 48.5 Å². The molecule has 0 fully saturated rings. The third-order valence-electron chi connectivity index (χ3n) is 3.80. The second-order valence-corrected chi connectivity index (χ2v) is 9.80. The Bertz CT molecular complexity index is 151. The van der Waals surface area contributed by atoms with Crippen molar-refractivity contribution in [3.05, 3.63) is 0 Å². The van der Waals surface area contributed by atoms with Crippen LogP contribution in [0.2, 0.25) is 18.1 Å². The van der Waals surface area contributed by atoms with Gasteiger partial charge in [0, 0.05) is 0 Å². The maximum atomic E-state index is 6.47. The van der Waals surface area contributed by atoms with Gasteiger partial charge in [-0.1, -0.05) is 34.6 Å². The molecule has 14 heavy (non-hydrogen) atoms. The Balaban J connectivity index is 4.58. The average molecular weight is 216 g/mol. The van der Waals surface area contributed by atoms with Gasteiger partial charge in [0.1, 0.15) is 0 Å². The highest BCUT2D eigenvalue weighted by Gasteiger charge is 2.36. The van der Waals surface area contributed by atoms with Crippen LogP contribution in [-0.4, -0.2) is 13.9 Å². The van der Waals surface area contributed by atoms with Crippen LogP contribution in [0.25, 0.3) is 0 Å². The minimum absolute atomic E-state index is 0.0499. The van der Waals surface area contributed by atoms with Gasteiger partial charge >= 0.3 is 0 Å². The molecule has 0 spiro atoms. The quantitative estimate of drug-likeness (QED) is 0.596. The summed E-state index contributed by atoms with van der Waals surface area (Å²) in [7, 11) is -1.42. The van der Waals surface area contributed by atoms with Gasteiger partial charge in [0.25, 0.3) is 0 Å². The fourth-order valence-corrected chi connectivity index (χ4v) is 4.93. The van der Waals surface area contributed by atoms with Crippen LogP contribution in [-0.2, 0) is 4.43 Å². The van der Waals surface area contributed by atoms with Crippen molar-refractivity contribution >= 4 is 8.32 Å². The van der Waals surface area contributed by atoms with E-state index in [1.54, 1.807) is 0 Å². The third-order valence-corrected chi connectivity index (χ3v) is 8.63. The fraction of sp³-hybridized carbons (Fsp3) is 1.00. The van der Waals surface area contributed by atoms with Crippen LogP contribution in [0.15, 0.2) is 0 Å². The molecule has 1 nitrogen and oxygen atoms in total. The van der Waals surface area contributed by atoms with E-state index in [1.165, 1.54) is 18.1 Å². The van der Waals surface area contributed by atoms with Crippen molar-refractivity contribution in [1.29, 1.82) is 0 Å². The van der Waals surface area contributed by atoms with Crippen LogP contribution in [0, 0.1) is 5.92 Å². The van der Waals surface area contributed by atoms with E-state index in [0.29, 0.717) is 5.92 Å². The lowest BCUT2D eigenvalue weighted by molar-refractivity contribution is 0.0476. The van der Waals surface area contributed by atoms with Gasteiger partial charge in [-0.05, 0) is 37.9 Å². The highest BCUT2D eigenvalue weighted by Crippen LogP contribution is 2.31. The second kappa shape index (κ2) is 5.31. The molecule has 0 saturated carbocycles. The Kier molecular flexibility index (Phi) is 5.38. The first-order valence-electron chi connectivity index (χ1n) is 6.03. The first-order valence-corrected chi connectivity index (χ1v) is 8.56. The largest absolute Gasteiger partial charge is 0.412 e. The van der Waals surface area contributed by atoms with Gasteiger partial charge in [-0.25, -0.2) is 0 Å². The van der Waals surface area contributed by atoms with Crippen molar-refractivity contribution in [3.8, 4) is 0 Å². The monoisotopic (exact) mass is 216 g/mol. The molecule has 0 radical (unpaired) electrons. The number of hydrogen-bond acceptors (Lipinski definition) is 1. The summed E-state index contributed by atoms with van der Waals surface area (Å²) >= 11 is 0. The lowest BCUT2D eigenvalue weighted by Crippen LogP contribution is -2.46. The van der Waals surface area contributed by atoms with Gasteiger partial charge in [0.2, 0.25) is 0 Å². The first-order chi connectivity index (χ1) is 6.33. The molecule has 0 N–H and O–H groups in total.